The SMILES string of the molecule is CC(=O)C(=O)OC(=O)CC(C)(C)C.[Ti]. The van der Waals surface area contributed by atoms with E-state index < -0.39 is 17.7 Å². The summed E-state index contributed by atoms with van der Waals surface area (Å²) in [5.74, 6) is -2.51. The first-order valence-corrected chi connectivity index (χ1v) is 3.98. The van der Waals surface area contributed by atoms with Crippen LogP contribution in [0.3, 0.4) is 0 Å². The van der Waals surface area contributed by atoms with E-state index in [1.807, 2.05) is 20.8 Å². The molecule has 0 heterocycles. The van der Waals surface area contributed by atoms with E-state index in [-0.39, 0.29) is 33.6 Å². The summed E-state index contributed by atoms with van der Waals surface area (Å²) in [7, 11) is 0. The molecular weight excluding hydrogens is 220 g/mol. The molecule has 0 aliphatic carbocycles. The Kier molecular flexibility index (Phi) is 6.95. The molecule has 0 rings (SSSR count). The molecular formula is C9H14O4Ti. The summed E-state index contributed by atoms with van der Waals surface area (Å²) in [6.45, 7) is 6.58. The van der Waals surface area contributed by atoms with Gasteiger partial charge in [0.2, 0.25) is 5.78 Å². The van der Waals surface area contributed by atoms with E-state index in [2.05, 4.69) is 4.74 Å². The van der Waals surface area contributed by atoms with Gasteiger partial charge in [-0.15, -0.1) is 0 Å². The fourth-order valence-electron chi connectivity index (χ4n) is 0.644. The summed E-state index contributed by atoms with van der Waals surface area (Å²) < 4.78 is 4.26. The quantitative estimate of drug-likeness (QED) is 0.310. The van der Waals surface area contributed by atoms with Crippen LogP contribution in [0.4, 0.5) is 0 Å². The Morgan fingerprint density at radius 2 is 1.57 bits per heavy atom. The molecule has 0 aliphatic rings. The second kappa shape index (κ2) is 6.09. The molecule has 14 heavy (non-hydrogen) atoms. The third-order valence-electron chi connectivity index (χ3n) is 1.17. The topological polar surface area (TPSA) is 60.4 Å². The van der Waals surface area contributed by atoms with E-state index in [0.717, 1.165) is 6.92 Å². The van der Waals surface area contributed by atoms with Crippen LogP contribution in [0.25, 0.3) is 0 Å². The first-order valence-electron chi connectivity index (χ1n) is 3.98. The van der Waals surface area contributed by atoms with Gasteiger partial charge in [0.1, 0.15) is 0 Å². The van der Waals surface area contributed by atoms with Crippen LogP contribution in [-0.4, -0.2) is 17.7 Å². The van der Waals surface area contributed by atoms with Gasteiger partial charge < -0.3 is 4.74 Å². The number of esters is 2. The molecule has 0 amide bonds. The van der Waals surface area contributed by atoms with Crippen LogP contribution < -0.4 is 0 Å². The van der Waals surface area contributed by atoms with Gasteiger partial charge in [-0.3, -0.25) is 9.59 Å². The van der Waals surface area contributed by atoms with Crippen LogP contribution in [0, 0.1) is 5.41 Å². The van der Waals surface area contributed by atoms with Crippen molar-refractivity contribution in [2.45, 2.75) is 34.1 Å². The van der Waals surface area contributed by atoms with Crippen LogP contribution in [0.2, 0.25) is 0 Å². The Morgan fingerprint density at radius 1 is 1.14 bits per heavy atom. The molecule has 0 unspecified atom stereocenters. The molecule has 0 saturated carbocycles. The van der Waals surface area contributed by atoms with E-state index in [1.54, 1.807) is 0 Å². The summed E-state index contributed by atoms with van der Waals surface area (Å²) in [5.41, 5.74) is -0.242. The number of ether oxygens (including phenoxy) is 1. The van der Waals surface area contributed by atoms with E-state index in [9.17, 15) is 14.4 Å². The van der Waals surface area contributed by atoms with Crippen LogP contribution in [0.5, 0.6) is 0 Å². The average molecular weight is 234 g/mol. The number of ketones is 1. The number of hydrogen-bond donors (Lipinski definition) is 0. The monoisotopic (exact) mass is 234 g/mol. The number of rotatable bonds is 2. The Balaban J connectivity index is 0. The fraction of sp³-hybridized carbons (Fsp3) is 0.667. The molecule has 0 fully saturated rings. The van der Waals surface area contributed by atoms with Gasteiger partial charge in [-0.1, -0.05) is 20.8 Å². The molecule has 0 radical (unpaired) electrons. The van der Waals surface area contributed by atoms with Crippen LogP contribution in [0.1, 0.15) is 34.1 Å². The zero-order chi connectivity index (χ0) is 10.6. The maximum absolute atomic E-state index is 11.0. The average Bonchev–Trinajstić information content (AvgIpc) is 1.81. The number of carbonyl (C=O) groups excluding carboxylic acids is 3. The van der Waals surface area contributed by atoms with Crippen molar-refractivity contribution in [1.29, 1.82) is 0 Å². The number of hydrogen-bond acceptors (Lipinski definition) is 4. The van der Waals surface area contributed by atoms with Gasteiger partial charge in [-0.05, 0) is 5.41 Å². The smallest absolute Gasteiger partial charge is 0.381 e. The first kappa shape index (κ1) is 16.0. The molecule has 4 nitrogen and oxygen atoms in total. The van der Waals surface area contributed by atoms with Crippen molar-refractivity contribution in [2.75, 3.05) is 0 Å². The van der Waals surface area contributed by atoms with Crippen LogP contribution >= 0.6 is 0 Å². The zero-order valence-corrected chi connectivity index (χ0v) is 10.4. The summed E-state index contributed by atoms with van der Waals surface area (Å²) >= 11 is 0. The van der Waals surface area contributed by atoms with E-state index in [1.165, 1.54) is 0 Å². The van der Waals surface area contributed by atoms with Gasteiger partial charge in [-0.2, -0.15) is 0 Å². The van der Waals surface area contributed by atoms with Gasteiger partial charge >= 0.3 is 11.9 Å². The molecule has 78 valence electrons. The molecule has 0 aromatic carbocycles. The zero-order valence-electron chi connectivity index (χ0n) is 8.84. The third-order valence-corrected chi connectivity index (χ3v) is 1.17. The molecule has 0 N–H and O–H groups in total. The Labute approximate surface area is 98.3 Å². The van der Waals surface area contributed by atoms with Crippen molar-refractivity contribution >= 4 is 17.7 Å². The Morgan fingerprint density at radius 3 is 1.86 bits per heavy atom. The van der Waals surface area contributed by atoms with Crippen molar-refractivity contribution in [3.63, 3.8) is 0 Å². The summed E-state index contributed by atoms with van der Waals surface area (Å²) in [5, 5.41) is 0. The predicted octanol–water partition coefficient (Wildman–Crippen LogP) is 1.08. The van der Waals surface area contributed by atoms with Gasteiger partial charge in [0.15, 0.2) is 0 Å². The molecule has 0 saturated heterocycles. The van der Waals surface area contributed by atoms with E-state index in [4.69, 9.17) is 0 Å². The first-order chi connectivity index (χ1) is 5.72. The minimum Gasteiger partial charge on any atom is -0.387 e. The fourth-order valence-corrected chi connectivity index (χ4v) is 0.644. The number of Topliss-reactive ketones (excluding diaryl/α,β-unsaturated/α-hetero) is 1. The molecule has 0 aliphatic heterocycles. The Hall–Kier alpha value is -0.476. The van der Waals surface area contributed by atoms with Crippen LogP contribution in [-0.2, 0) is 40.8 Å². The van der Waals surface area contributed by atoms with Gasteiger partial charge in [0, 0.05) is 28.6 Å². The predicted molar refractivity (Wildman–Crippen MR) is 45.9 cm³/mol. The summed E-state index contributed by atoms with van der Waals surface area (Å²) in [6.07, 6.45) is 0.117. The van der Waals surface area contributed by atoms with Gasteiger partial charge in [-0.25, -0.2) is 4.79 Å². The minimum absolute atomic E-state index is 0. The second-order valence-corrected chi connectivity index (χ2v) is 4.06. The molecule has 0 aromatic rings. The normalized spacial score (nSPS) is 10.0. The van der Waals surface area contributed by atoms with Gasteiger partial charge in [0.25, 0.3) is 0 Å². The number of carbonyl (C=O) groups is 3. The van der Waals surface area contributed by atoms with E-state index in [0.29, 0.717) is 0 Å². The molecule has 5 heteroatoms. The second-order valence-electron chi connectivity index (χ2n) is 4.06. The molecule has 0 spiro atoms. The Bertz CT molecular complexity index is 240. The standard InChI is InChI=1S/C9H14O4.Ti/c1-6(10)8(12)13-7(11)5-9(2,3)4;/h5H2,1-4H3;. The van der Waals surface area contributed by atoms with Crippen molar-refractivity contribution in [1.82, 2.24) is 0 Å². The maximum atomic E-state index is 11.0. The molecule has 0 aromatic heterocycles. The molecule has 0 atom stereocenters. The largest absolute Gasteiger partial charge is 0.387 e. The van der Waals surface area contributed by atoms with Crippen molar-refractivity contribution in [3.8, 4) is 0 Å². The minimum atomic E-state index is -1.09. The third kappa shape index (κ3) is 8.14. The summed E-state index contributed by atoms with van der Waals surface area (Å²) in [4.78, 5) is 32.0. The van der Waals surface area contributed by atoms with Crippen molar-refractivity contribution in [2.24, 2.45) is 5.41 Å². The maximum Gasteiger partial charge on any atom is 0.381 e. The van der Waals surface area contributed by atoms with Crippen LogP contribution in [0.15, 0.2) is 0 Å². The summed E-state index contributed by atoms with van der Waals surface area (Å²) in [6, 6.07) is 0. The van der Waals surface area contributed by atoms with E-state index >= 15 is 0 Å². The molecule has 0 bridgehead atoms. The van der Waals surface area contributed by atoms with Gasteiger partial charge in [0.05, 0.1) is 6.42 Å². The van der Waals surface area contributed by atoms with Crippen molar-refractivity contribution in [3.05, 3.63) is 0 Å². The van der Waals surface area contributed by atoms with Crippen molar-refractivity contribution < 1.29 is 40.8 Å².